The third-order valence-electron chi connectivity index (χ3n) is 4.14. The Morgan fingerprint density at radius 3 is 2.75 bits per heavy atom. The van der Waals surface area contributed by atoms with Crippen molar-refractivity contribution in [2.24, 2.45) is 0 Å². The third kappa shape index (κ3) is 4.00. The molecule has 8 heteroatoms. The van der Waals surface area contributed by atoms with E-state index in [0.717, 1.165) is 0 Å². The smallest absolute Gasteiger partial charge is 0.266 e. The highest BCUT2D eigenvalue weighted by atomic mass is 35.5. The quantitative estimate of drug-likeness (QED) is 0.489. The summed E-state index contributed by atoms with van der Waals surface area (Å²) < 4.78 is 6.68. The van der Waals surface area contributed by atoms with Gasteiger partial charge in [0.05, 0.1) is 34.0 Å². The molecule has 0 aliphatic rings. The number of thioether (sulfide) groups is 1. The van der Waals surface area contributed by atoms with Gasteiger partial charge < -0.3 is 10.1 Å². The number of halogens is 1. The molecule has 0 aliphatic heterocycles. The minimum atomic E-state index is -0.423. The number of nitrogens with zero attached hydrogens (tertiary/aromatic N) is 2. The molecular weight excluding hydrogens is 398 g/mol. The molecule has 1 N–H and O–H groups in total. The van der Waals surface area contributed by atoms with Crippen molar-refractivity contribution in [3.05, 3.63) is 57.8 Å². The standard InChI is InChI=1S/C20H20ClN3O3S/c1-4-22-18(25)12(2)28-20-23-16-8-6-5-7-14(16)19(26)24(20)13-9-10-17(27-3)15(21)11-13/h5-12H,4H2,1-3H3,(H,22,25)/t12-/m1/s1. The Balaban J connectivity index is 2.18. The summed E-state index contributed by atoms with van der Waals surface area (Å²) in [6.45, 7) is 4.18. The van der Waals surface area contributed by atoms with Crippen LogP contribution in [-0.4, -0.2) is 34.4 Å². The number of fused-ring (bicyclic) bond motifs is 1. The molecule has 2 aromatic carbocycles. The molecule has 0 bridgehead atoms. The molecule has 0 radical (unpaired) electrons. The summed E-state index contributed by atoms with van der Waals surface area (Å²) in [5, 5.41) is 3.66. The zero-order chi connectivity index (χ0) is 20.3. The molecule has 1 atom stereocenters. The Morgan fingerprint density at radius 1 is 1.32 bits per heavy atom. The van der Waals surface area contributed by atoms with Crippen LogP contribution in [0.1, 0.15) is 13.8 Å². The van der Waals surface area contributed by atoms with E-state index in [1.54, 1.807) is 43.3 Å². The molecule has 0 saturated carbocycles. The SMILES string of the molecule is CCNC(=O)[C@@H](C)Sc1nc2ccccc2c(=O)n1-c1ccc(OC)c(Cl)c1. The predicted octanol–water partition coefficient (Wildman–Crippen LogP) is 3.66. The third-order valence-corrected chi connectivity index (χ3v) is 5.49. The van der Waals surface area contributed by atoms with Crippen molar-refractivity contribution < 1.29 is 9.53 Å². The van der Waals surface area contributed by atoms with E-state index in [1.165, 1.54) is 23.4 Å². The van der Waals surface area contributed by atoms with E-state index < -0.39 is 5.25 Å². The van der Waals surface area contributed by atoms with Crippen molar-refractivity contribution in [2.75, 3.05) is 13.7 Å². The van der Waals surface area contributed by atoms with E-state index in [1.807, 2.05) is 13.0 Å². The molecular formula is C20H20ClN3O3S. The number of carbonyl (C=O) groups excluding carboxylic acids is 1. The zero-order valence-corrected chi connectivity index (χ0v) is 17.3. The fraction of sp³-hybridized carbons (Fsp3) is 0.250. The van der Waals surface area contributed by atoms with Gasteiger partial charge in [-0.05, 0) is 44.2 Å². The van der Waals surface area contributed by atoms with Crippen LogP contribution < -0.4 is 15.6 Å². The average Bonchev–Trinajstić information content (AvgIpc) is 2.68. The summed E-state index contributed by atoms with van der Waals surface area (Å²) in [4.78, 5) is 30.1. The number of nitrogens with one attached hydrogen (secondary N) is 1. The van der Waals surface area contributed by atoms with Gasteiger partial charge in [0, 0.05) is 6.54 Å². The van der Waals surface area contributed by atoms with Gasteiger partial charge in [0.2, 0.25) is 5.91 Å². The lowest BCUT2D eigenvalue weighted by Gasteiger charge is -2.16. The number of hydrogen-bond acceptors (Lipinski definition) is 5. The first-order valence-electron chi connectivity index (χ1n) is 8.76. The van der Waals surface area contributed by atoms with Crippen molar-refractivity contribution in [1.82, 2.24) is 14.9 Å². The highest BCUT2D eigenvalue weighted by Crippen LogP contribution is 2.29. The monoisotopic (exact) mass is 417 g/mol. The number of methoxy groups -OCH3 is 1. The number of para-hydroxylation sites is 1. The minimum Gasteiger partial charge on any atom is -0.495 e. The molecule has 1 amide bonds. The average molecular weight is 418 g/mol. The van der Waals surface area contributed by atoms with Crippen molar-refractivity contribution in [3.8, 4) is 11.4 Å². The Hall–Kier alpha value is -2.51. The lowest BCUT2D eigenvalue weighted by atomic mass is 10.2. The molecule has 0 fully saturated rings. The van der Waals surface area contributed by atoms with E-state index in [-0.39, 0.29) is 11.5 Å². The minimum absolute atomic E-state index is 0.116. The second-order valence-corrected chi connectivity index (χ2v) is 7.74. The number of aromatic nitrogens is 2. The van der Waals surface area contributed by atoms with Crippen LogP contribution in [0.15, 0.2) is 52.4 Å². The first-order chi connectivity index (χ1) is 13.5. The first-order valence-corrected chi connectivity index (χ1v) is 10.0. The van der Waals surface area contributed by atoms with Crippen molar-refractivity contribution in [1.29, 1.82) is 0 Å². The molecule has 28 heavy (non-hydrogen) atoms. The van der Waals surface area contributed by atoms with E-state index in [9.17, 15) is 9.59 Å². The molecule has 0 unspecified atom stereocenters. The van der Waals surface area contributed by atoms with Gasteiger partial charge in [-0.1, -0.05) is 35.5 Å². The lowest BCUT2D eigenvalue weighted by Crippen LogP contribution is -2.31. The van der Waals surface area contributed by atoms with Crippen molar-refractivity contribution in [2.45, 2.75) is 24.3 Å². The van der Waals surface area contributed by atoms with E-state index >= 15 is 0 Å². The van der Waals surface area contributed by atoms with Crippen LogP contribution in [0.25, 0.3) is 16.6 Å². The Morgan fingerprint density at radius 2 is 2.07 bits per heavy atom. The van der Waals surface area contributed by atoms with Crippen LogP contribution in [0.2, 0.25) is 5.02 Å². The summed E-state index contributed by atoms with van der Waals surface area (Å²) in [6.07, 6.45) is 0. The Labute approximate surface area is 171 Å². The van der Waals surface area contributed by atoms with Gasteiger partial charge in [-0.25, -0.2) is 4.98 Å². The Kier molecular flexibility index (Phi) is 6.26. The van der Waals surface area contributed by atoms with E-state index in [2.05, 4.69) is 10.3 Å². The Bertz CT molecular complexity index is 1080. The maximum Gasteiger partial charge on any atom is 0.266 e. The highest BCUT2D eigenvalue weighted by Gasteiger charge is 2.20. The number of rotatable bonds is 6. The van der Waals surface area contributed by atoms with Crippen LogP contribution in [0.3, 0.4) is 0 Å². The van der Waals surface area contributed by atoms with Gasteiger partial charge in [-0.15, -0.1) is 0 Å². The van der Waals surface area contributed by atoms with Gasteiger partial charge in [-0.3, -0.25) is 14.2 Å². The summed E-state index contributed by atoms with van der Waals surface area (Å²) in [5.41, 5.74) is 0.908. The number of ether oxygens (including phenoxy) is 1. The van der Waals surface area contributed by atoms with Crippen molar-refractivity contribution >= 4 is 40.2 Å². The maximum absolute atomic E-state index is 13.2. The number of benzene rings is 2. The molecule has 0 spiro atoms. The molecule has 0 saturated heterocycles. The molecule has 0 aliphatic carbocycles. The zero-order valence-electron chi connectivity index (χ0n) is 15.7. The summed E-state index contributed by atoms with van der Waals surface area (Å²) in [6, 6.07) is 12.2. The van der Waals surface area contributed by atoms with Crippen molar-refractivity contribution in [3.63, 3.8) is 0 Å². The number of amides is 1. The topological polar surface area (TPSA) is 73.2 Å². The normalized spacial score (nSPS) is 12.0. The van der Waals surface area contributed by atoms with Gasteiger partial charge in [0.25, 0.3) is 5.56 Å². The predicted molar refractivity (Wildman–Crippen MR) is 113 cm³/mol. The molecule has 146 valence electrons. The van der Waals surface area contributed by atoms with Gasteiger partial charge in [0.15, 0.2) is 5.16 Å². The first kappa shape index (κ1) is 20.2. The summed E-state index contributed by atoms with van der Waals surface area (Å²) in [7, 11) is 1.53. The number of carbonyl (C=O) groups is 1. The molecule has 1 heterocycles. The summed E-state index contributed by atoms with van der Waals surface area (Å²) >= 11 is 7.49. The van der Waals surface area contributed by atoms with Gasteiger partial charge >= 0.3 is 0 Å². The van der Waals surface area contributed by atoms with Crippen LogP contribution in [0.4, 0.5) is 0 Å². The van der Waals surface area contributed by atoms with Crippen LogP contribution in [0.5, 0.6) is 5.75 Å². The van der Waals surface area contributed by atoms with Crippen LogP contribution >= 0.6 is 23.4 Å². The van der Waals surface area contributed by atoms with Gasteiger partial charge in [-0.2, -0.15) is 0 Å². The summed E-state index contributed by atoms with van der Waals surface area (Å²) in [5.74, 6) is 0.395. The van der Waals surface area contributed by atoms with E-state index in [4.69, 9.17) is 16.3 Å². The lowest BCUT2D eigenvalue weighted by molar-refractivity contribution is -0.120. The number of hydrogen-bond donors (Lipinski definition) is 1. The molecule has 1 aromatic heterocycles. The molecule has 3 rings (SSSR count). The second-order valence-electron chi connectivity index (χ2n) is 6.03. The largest absolute Gasteiger partial charge is 0.495 e. The van der Waals surface area contributed by atoms with Gasteiger partial charge in [0.1, 0.15) is 5.75 Å². The fourth-order valence-corrected chi connectivity index (χ4v) is 3.95. The fourth-order valence-electron chi connectivity index (χ4n) is 2.74. The van der Waals surface area contributed by atoms with Crippen LogP contribution in [0, 0.1) is 0 Å². The maximum atomic E-state index is 13.2. The molecule has 6 nitrogen and oxygen atoms in total. The van der Waals surface area contributed by atoms with E-state index in [0.29, 0.717) is 39.1 Å². The molecule has 3 aromatic rings. The van der Waals surface area contributed by atoms with Crippen LogP contribution in [-0.2, 0) is 4.79 Å². The highest BCUT2D eigenvalue weighted by molar-refractivity contribution is 8.00. The second kappa shape index (κ2) is 8.67.